The summed E-state index contributed by atoms with van der Waals surface area (Å²) >= 11 is 0. The molecule has 0 saturated heterocycles. The second-order valence-electron chi connectivity index (χ2n) is 1.83. The first-order chi connectivity index (χ1) is 4.36. The van der Waals surface area contributed by atoms with Gasteiger partial charge in [-0.2, -0.15) is 0 Å². The van der Waals surface area contributed by atoms with Crippen LogP contribution in [-0.4, -0.2) is 17.2 Å². The van der Waals surface area contributed by atoms with Crippen LogP contribution in [0.15, 0.2) is 33.5 Å². The average molecular weight is 158 g/mol. The van der Waals surface area contributed by atoms with Gasteiger partial charge in [0, 0.05) is 12.3 Å². The van der Waals surface area contributed by atoms with Crippen molar-refractivity contribution in [3.05, 3.63) is 23.5 Å². The molecule has 3 nitrogen and oxygen atoms in total. The summed E-state index contributed by atoms with van der Waals surface area (Å²) in [5.41, 5.74) is 1.51. The molecule has 10 heavy (non-hydrogen) atoms. The molecule has 0 spiro atoms. The number of nitrogens with zero attached hydrogens (tertiary/aromatic N) is 2. The Bertz CT molecular complexity index is 280. The van der Waals surface area contributed by atoms with Gasteiger partial charge in [-0.15, -0.1) is 12.4 Å². The fourth-order valence-electron chi connectivity index (χ4n) is 0.823. The largest absolute Gasteiger partial charge is 1.00 e. The number of aliphatic hydroxyl groups is 1. The van der Waals surface area contributed by atoms with Gasteiger partial charge in [0.25, 0.3) is 0 Å². The molecule has 0 radical (unpaired) electrons. The fourth-order valence-corrected chi connectivity index (χ4v) is 0.823. The zero-order valence-corrected chi connectivity index (χ0v) is 5.80. The molecule has 2 rings (SSSR count). The van der Waals surface area contributed by atoms with Crippen LogP contribution in [0.5, 0.6) is 0 Å². The number of hydrogen-bond acceptors (Lipinski definition) is 2. The lowest BCUT2D eigenvalue weighted by molar-refractivity contribution is 0.559. The molecular weight excluding hydrogens is 152 g/mol. The second kappa shape index (κ2) is 2.27. The molecule has 1 N–H and O–H groups in total. The second-order valence-corrected chi connectivity index (χ2v) is 1.83. The third-order valence-electron chi connectivity index (χ3n) is 1.21. The third-order valence-corrected chi connectivity index (χ3v) is 1.21. The Balaban J connectivity index is 0.000000500. The summed E-state index contributed by atoms with van der Waals surface area (Å²) in [5, 5.41) is 8.79. The predicted octanol–water partition coefficient (Wildman–Crippen LogP) is 1.34. The van der Waals surface area contributed by atoms with Crippen molar-refractivity contribution in [2.24, 2.45) is 9.98 Å². The zero-order valence-electron chi connectivity index (χ0n) is 5.98. The van der Waals surface area contributed by atoms with Gasteiger partial charge in [-0.3, -0.25) is 4.99 Å². The smallest absolute Gasteiger partial charge is 0.493 e. The van der Waals surface area contributed by atoms with Crippen molar-refractivity contribution in [2.75, 3.05) is 0 Å². The van der Waals surface area contributed by atoms with Crippen LogP contribution in [0.2, 0.25) is 0 Å². The number of rotatable bonds is 0. The number of aliphatic imine (C=N–C) groups is 2. The Morgan fingerprint density at radius 2 is 2.20 bits per heavy atom. The Morgan fingerprint density at radius 3 is 2.90 bits per heavy atom. The summed E-state index contributed by atoms with van der Waals surface area (Å²) in [7, 11) is 0. The summed E-state index contributed by atoms with van der Waals surface area (Å²) in [4.78, 5) is 7.68. The van der Waals surface area contributed by atoms with Crippen molar-refractivity contribution >= 4 is 24.5 Å². The number of hydrogen-bond donors (Lipinski definition) is 1. The van der Waals surface area contributed by atoms with Crippen LogP contribution in [0, 0.1) is 0 Å². The van der Waals surface area contributed by atoms with E-state index in [0.29, 0.717) is 0 Å². The van der Waals surface area contributed by atoms with E-state index in [-0.39, 0.29) is 19.7 Å². The van der Waals surface area contributed by atoms with E-state index >= 15 is 0 Å². The minimum atomic E-state index is 0. The van der Waals surface area contributed by atoms with Crippen LogP contribution in [0.3, 0.4) is 0 Å². The molecule has 0 fully saturated rings. The molecule has 0 atom stereocenters. The molecule has 0 aromatic rings. The molecular formula is C6H6ClN2O+. The van der Waals surface area contributed by atoms with Crippen molar-refractivity contribution in [3.63, 3.8) is 0 Å². The van der Waals surface area contributed by atoms with Crippen LogP contribution in [0.4, 0.5) is 0 Å². The van der Waals surface area contributed by atoms with Gasteiger partial charge in [-0.25, -0.2) is 4.99 Å². The van der Waals surface area contributed by atoms with Crippen LogP contribution < -0.4 is 0 Å². The Morgan fingerprint density at radius 1 is 1.40 bits per heavy atom. The highest BCUT2D eigenvalue weighted by Crippen LogP contribution is 2.21. The molecule has 0 aliphatic carbocycles. The van der Waals surface area contributed by atoms with E-state index in [1.165, 1.54) is 6.08 Å². The molecule has 0 aromatic carbocycles. The van der Waals surface area contributed by atoms with Gasteiger partial charge in [0.2, 0.25) is 5.90 Å². The van der Waals surface area contributed by atoms with Gasteiger partial charge < -0.3 is 5.11 Å². The molecule has 2 heterocycles. The zero-order chi connectivity index (χ0) is 6.27. The first kappa shape index (κ1) is 7.02. The van der Waals surface area contributed by atoms with Crippen LogP contribution in [0.25, 0.3) is 0 Å². The van der Waals surface area contributed by atoms with Gasteiger partial charge in [-0.1, -0.05) is 0 Å². The number of halogens is 1. The van der Waals surface area contributed by atoms with Crippen molar-refractivity contribution in [1.29, 1.82) is 0 Å². The van der Waals surface area contributed by atoms with Gasteiger partial charge >= 0.3 is 1.43 Å². The van der Waals surface area contributed by atoms with Crippen LogP contribution in [-0.2, 0) is 0 Å². The molecule has 0 unspecified atom stereocenters. The highest BCUT2D eigenvalue weighted by Gasteiger charge is 2.14. The molecule has 2 aliphatic rings. The topological polar surface area (TPSA) is 45.0 Å². The standard InChI is InChI=1S/C6H4N2O.ClH/c9-6-3-5-4(8-6)1-2-7-5;/h1-3H,(H,8,9);1H/p+1. The van der Waals surface area contributed by atoms with E-state index in [1.54, 1.807) is 12.3 Å². The van der Waals surface area contributed by atoms with Crippen LogP contribution >= 0.6 is 12.4 Å². The lowest BCUT2D eigenvalue weighted by Crippen LogP contribution is -1.82. The van der Waals surface area contributed by atoms with E-state index in [9.17, 15) is 0 Å². The molecule has 52 valence electrons. The highest BCUT2D eigenvalue weighted by molar-refractivity contribution is 5.95. The summed E-state index contributed by atoms with van der Waals surface area (Å²) in [6, 6.07) is 0. The van der Waals surface area contributed by atoms with E-state index < -0.39 is 0 Å². The van der Waals surface area contributed by atoms with Crippen molar-refractivity contribution in [3.8, 4) is 0 Å². The highest BCUT2D eigenvalue weighted by atomic mass is 35.5. The third kappa shape index (κ3) is 0.844. The quantitative estimate of drug-likeness (QED) is 0.567. The summed E-state index contributed by atoms with van der Waals surface area (Å²) in [6.07, 6.45) is 4.96. The van der Waals surface area contributed by atoms with Crippen molar-refractivity contribution < 1.29 is 6.53 Å². The number of aliphatic hydroxyl groups excluding tert-OH is 1. The predicted molar refractivity (Wildman–Crippen MR) is 43.1 cm³/mol. The van der Waals surface area contributed by atoms with E-state index in [4.69, 9.17) is 5.11 Å². The minimum Gasteiger partial charge on any atom is -0.493 e. The molecule has 2 aliphatic heterocycles. The Hall–Kier alpha value is -1.09. The molecule has 4 heteroatoms. The van der Waals surface area contributed by atoms with Gasteiger partial charge in [0.05, 0.1) is 11.4 Å². The lowest BCUT2D eigenvalue weighted by atomic mass is 10.4. The summed E-state index contributed by atoms with van der Waals surface area (Å²) in [6.45, 7) is 0. The Kier molecular flexibility index (Phi) is 1.59. The molecule has 0 saturated carbocycles. The molecule has 0 bridgehead atoms. The van der Waals surface area contributed by atoms with E-state index in [1.807, 2.05) is 0 Å². The fraction of sp³-hybridized carbons (Fsp3) is 0. The number of allylic oxidation sites excluding steroid dienone is 1. The summed E-state index contributed by atoms with van der Waals surface area (Å²) in [5.74, 6) is 0.0492. The van der Waals surface area contributed by atoms with Gasteiger partial charge in [0.15, 0.2) is 0 Å². The van der Waals surface area contributed by atoms with Crippen molar-refractivity contribution in [1.82, 2.24) is 0 Å². The first-order valence-electron chi connectivity index (χ1n) is 2.60. The van der Waals surface area contributed by atoms with E-state index in [2.05, 4.69) is 9.98 Å². The average Bonchev–Trinajstić information content (AvgIpc) is 2.22. The maximum atomic E-state index is 8.79. The minimum absolute atomic E-state index is 0. The maximum absolute atomic E-state index is 8.79. The first-order valence-corrected chi connectivity index (χ1v) is 2.60. The lowest BCUT2D eigenvalue weighted by Gasteiger charge is -1.82. The maximum Gasteiger partial charge on any atom is 1.00 e. The molecule has 0 amide bonds. The normalized spacial score (nSPS) is 19.0. The van der Waals surface area contributed by atoms with E-state index in [0.717, 1.165) is 11.4 Å². The SMILES string of the molecule is Cl.OC1=NC2=CC=NC2=C1.[H+]. The van der Waals surface area contributed by atoms with Gasteiger partial charge in [0.1, 0.15) is 0 Å². The van der Waals surface area contributed by atoms with Crippen molar-refractivity contribution in [2.45, 2.75) is 0 Å². The Labute approximate surface area is 65.4 Å². The number of fused-ring (bicyclic) bond motifs is 1. The monoisotopic (exact) mass is 157 g/mol. The van der Waals surface area contributed by atoms with Gasteiger partial charge in [-0.05, 0) is 6.08 Å². The molecule has 0 aromatic heterocycles. The van der Waals surface area contributed by atoms with Crippen LogP contribution in [0.1, 0.15) is 1.43 Å². The summed E-state index contributed by atoms with van der Waals surface area (Å²) < 4.78 is 0.